The van der Waals surface area contributed by atoms with Gasteiger partial charge in [0.1, 0.15) is 5.75 Å². The summed E-state index contributed by atoms with van der Waals surface area (Å²) in [7, 11) is -2.81. The summed E-state index contributed by atoms with van der Waals surface area (Å²) in [4.78, 5) is 2.23. The van der Waals surface area contributed by atoms with Gasteiger partial charge in [-0.1, -0.05) is 18.2 Å². The molecule has 0 spiro atoms. The lowest BCUT2D eigenvalue weighted by molar-refractivity contribution is 0.244. The number of nitrogens with zero attached hydrogens (tertiary/aromatic N) is 1. The van der Waals surface area contributed by atoms with Gasteiger partial charge in [0.15, 0.2) is 9.84 Å². The van der Waals surface area contributed by atoms with Gasteiger partial charge in [0, 0.05) is 13.1 Å². The molecule has 118 valence electrons. The second-order valence-corrected chi connectivity index (χ2v) is 8.07. The highest BCUT2D eigenvalue weighted by atomic mass is 32.2. The molecule has 2 rings (SSSR count). The Bertz CT molecular complexity index is 549. The summed E-state index contributed by atoms with van der Waals surface area (Å²) in [5.74, 6) is 1.61. The molecule has 1 fully saturated rings. The fourth-order valence-corrected chi connectivity index (χ4v) is 4.01. The third-order valence-electron chi connectivity index (χ3n) is 3.92. The quantitative estimate of drug-likeness (QED) is 0.782. The maximum absolute atomic E-state index is 11.6. The highest BCUT2D eigenvalue weighted by Crippen LogP contribution is 2.22. The van der Waals surface area contributed by atoms with E-state index in [0.717, 1.165) is 42.8 Å². The molecule has 4 nitrogen and oxygen atoms in total. The molecule has 0 bridgehead atoms. The minimum atomic E-state index is -2.81. The highest BCUT2D eigenvalue weighted by molar-refractivity contribution is 7.91. The summed E-state index contributed by atoms with van der Waals surface area (Å²) in [5, 5.41) is 0. The van der Waals surface area contributed by atoms with Gasteiger partial charge >= 0.3 is 0 Å². The van der Waals surface area contributed by atoms with Gasteiger partial charge < -0.3 is 9.64 Å². The van der Waals surface area contributed by atoms with Crippen LogP contribution in [0.15, 0.2) is 18.2 Å². The number of ether oxygens (including phenoxy) is 1. The summed E-state index contributed by atoms with van der Waals surface area (Å²) in [6.45, 7) is 7.23. The van der Waals surface area contributed by atoms with Crippen molar-refractivity contribution in [3.63, 3.8) is 0 Å². The third-order valence-corrected chi connectivity index (χ3v) is 5.64. The summed E-state index contributed by atoms with van der Waals surface area (Å²) in [5.41, 5.74) is 2.33. The molecule has 1 heterocycles. The summed E-state index contributed by atoms with van der Waals surface area (Å²) < 4.78 is 29.0. The Kier molecular flexibility index (Phi) is 5.65. The Morgan fingerprint density at radius 1 is 1.14 bits per heavy atom. The maximum Gasteiger partial charge on any atom is 0.151 e. The maximum atomic E-state index is 11.6. The lowest BCUT2D eigenvalue weighted by Crippen LogP contribution is -2.29. The van der Waals surface area contributed by atoms with E-state index < -0.39 is 9.84 Å². The Morgan fingerprint density at radius 2 is 1.86 bits per heavy atom. The van der Waals surface area contributed by atoms with Gasteiger partial charge in [-0.05, 0) is 44.4 Å². The number of aryl methyl sites for hydroxylation is 2. The van der Waals surface area contributed by atoms with Crippen LogP contribution in [0.1, 0.15) is 24.0 Å². The molecule has 0 amide bonds. The summed E-state index contributed by atoms with van der Waals surface area (Å²) in [6.07, 6.45) is 1.67. The van der Waals surface area contributed by atoms with Gasteiger partial charge in [-0.15, -0.1) is 0 Å². The monoisotopic (exact) mass is 311 g/mol. The van der Waals surface area contributed by atoms with Crippen LogP contribution in [0.4, 0.5) is 0 Å². The molecule has 1 saturated heterocycles. The molecule has 1 aromatic rings. The van der Waals surface area contributed by atoms with E-state index in [1.54, 1.807) is 0 Å². The number of rotatable bonds is 5. The molecule has 1 aromatic carbocycles. The van der Waals surface area contributed by atoms with Crippen molar-refractivity contribution in [1.82, 2.24) is 4.90 Å². The first-order valence-corrected chi connectivity index (χ1v) is 9.42. The molecule has 21 heavy (non-hydrogen) atoms. The van der Waals surface area contributed by atoms with E-state index in [4.69, 9.17) is 4.74 Å². The fourth-order valence-electron chi connectivity index (χ4n) is 2.70. The van der Waals surface area contributed by atoms with Crippen LogP contribution in [0, 0.1) is 13.8 Å². The molecule has 1 aliphatic heterocycles. The Balaban J connectivity index is 1.75. The van der Waals surface area contributed by atoms with Gasteiger partial charge in [0.05, 0.1) is 18.1 Å². The van der Waals surface area contributed by atoms with E-state index in [1.165, 1.54) is 0 Å². The molecule has 0 radical (unpaired) electrons. The first-order valence-electron chi connectivity index (χ1n) is 7.60. The molecule has 0 atom stereocenters. The second-order valence-electron chi connectivity index (χ2n) is 5.77. The molecule has 0 unspecified atom stereocenters. The molecule has 0 aromatic heterocycles. The summed E-state index contributed by atoms with van der Waals surface area (Å²) in [6, 6.07) is 6.15. The largest absolute Gasteiger partial charge is 0.493 e. The number of para-hydroxylation sites is 1. The average molecular weight is 311 g/mol. The fraction of sp³-hybridized carbons (Fsp3) is 0.625. The van der Waals surface area contributed by atoms with E-state index in [1.807, 2.05) is 6.07 Å². The van der Waals surface area contributed by atoms with Crippen LogP contribution in [-0.2, 0) is 9.84 Å². The molecular weight excluding hydrogens is 286 g/mol. The predicted molar refractivity (Wildman–Crippen MR) is 85.7 cm³/mol. The van der Waals surface area contributed by atoms with Crippen molar-refractivity contribution in [2.45, 2.75) is 26.7 Å². The van der Waals surface area contributed by atoms with Crippen LogP contribution >= 0.6 is 0 Å². The highest BCUT2D eigenvalue weighted by Gasteiger charge is 2.18. The van der Waals surface area contributed by atoms with Gasteiger partial charge in [-0.25, -0.2) is 8.42 Å². The van der Waals surface area contributed by atoms with E-state index >= 15 is 0 Å². The van der Waals surface area contributed by atoms with Gasteiger partial charge in [0.2, 0.25) is 0 Å². The predicted octanol–water partition coefficient (Wildman–Crippen LogP) is 2.19. The normalized spacial score (nSPS) is 19.1. The van der Waals surface area contributed by atoms with E-state index in [0.29, 0.717) is 24.7 Å². The minimum Gasteiger partial charge on any atom is -0.493 e. The average Bonchev–Trinajstić information content (AvgIpc) is 2.59. The van der Waals surface area contributed by atoms with E-state index in [-0.39, 0.29) is 0 Å². The lowest BCUT2D eigenvalue weighted by Gasteiger charge is -2.19. The number of hydrogen-bond acceptors (Lipinski definition) is 4. The minimum absolute atomic E-state index is 0.296. The van der Waals surface area contributed by atoms with Gasteiger partial charge in [0.25, 0.3) is 0 Å². The zero-order chi connectivity index (χ0) is 15.3. The van der Waals surface area contributed by atoms with Crippen LogP contribution in [0.5, 0.6) is 5.75 Å². The van der Waals surface area contributed by atoms with Crippen molar-refractivity contribution in [3.05, 3.63) is 29.3 Å². The molecule has 0 N–H and O–H groups in total. The first-order chi connectivity index (χ1) is 9.98. The van der Waals surface area contributed by atoms with Crippen LogP contribution in [0.25, 0.3) is 0 Å². The van der Waals surface area contributed by atoms with Crippen LogP contribution in [0.2, 0.25) is 0 Å². The second kappa shape index (κ2) is 7.27. The van der Waals surface area contributed by atoms with E-state index in [2.05, 4.69) is 30.9 Å². The van der Waals surface area contributed by atoms with E-state index in [9.17, 15) is 8.42 Å². The SMILES string of the molecule is Cc1cccc(C)c1OCCCN1CCCS(=O)(=O)CC1. The zero-order valence-electron chi connectivity index (χ0n) is 13.0. The van der Waals surface area contributed by atoms with Crippen LogP contribution < -0.4 is 4.74 Å². The molecule has 5 heteroatoms. The topological polar surface area (TPSA) is 46.6 Å². The van der Waals surface area contributed by atoms with Crippen molar-refractivity contribution >= 4 is 9.84 Å². The molecular formula is C16H25NO3S. The number of benzene rings is 1. The van der Waals surface area contributed by atoms with Crippen molar-refractivity contribution in [1.29, 1.82) is 0 Å². The lowest BCUT2D eigenvalue weighted by atomic mass is 10.1. The molecule has 1 aliphatic rings. The summed E-state index contributed by atoms with van der Waals surface area (Å²) >= 11 is 0. The van der Waals surface area contributed by atoms with Crippen molar-refractivity contribution in [2.75, 3.05) is 37.7 Å². The van der Waals surface area contributed by atoms with Gasteiger partial charge in [-0.3, -0.25) is 0 Å². The zero-order valence-corrected chi connectivity index (χ0v) is 13.8. The van der Waals surface area contributed by atoms with Crippen LogP contribution in [-0.4, -0.2) is 51.1 Å². The smallest absolute Gasteiger partial charge is 0.151 e. The molecule has 0 saturated carbocycles. The van der Waals surface area contributed by atoms with Crippen LogP contribution in [0.3, 0.4) is 0 Å². The number of hydrogen-bond donors (Lipinski definition) is 0. The number of sulfone groups is 1. The standard InChI is InChI=1S/C16H25NO3S/c1-14-6-3-7-15(2)16(14)20-11-4-8-17-9-5-12-21(18,19)13-10-17/h3,6-7H,4-5,8-13H2,1-2H3. The third kappa shape index (κ3) is 5.00. The van der Waals surface area contributed by atoms with Crippen molar-refractivity contribution in [3.8, 4) is 5.75 Å². The van der Waals surface area contributed by atoms with Gasteiger partial charge in [-0.2, -0.15) is 0 Å². The van der Waals surface area contributed by atoms with Crippen molar-refractivity contribution < 1.29 is 13.2 Å². The Labute approximate surface area is 128 Å². The Morgan fingerprint density at radius 3 is 2.57 bits per heavy atom. The molecule has 0 aliphatic carbocycles. The first kappa shape index (κ1) is 16.3. The Hall–Kier alpha value is -1.07. The van der Waals surface area contributed by atoms with Crippen molar-refractivity contribution in [2.24, 2.45) is 0 Å².